The molecule has 5 nitrogen and oxygen atoms in total. The van der Waals surface area contributed by atoms with Crippen molar-refractivity contribution in [3.05, 3.63) is 90.0 Å². The first-order chi connectivity index (χ1) is 16.2. The maximum atomic E-state index is 12.2. The van der Waals surface area contributed by atoms with Crippen molar-refractivity contribution >= 4 is 5.91 Å². The van der Waals surface area contributed by atoms with Crippen molar-refractivity contribution in [2.24, 2.45) is 0 Å². The number of carbonyl (C=O) groups is 1. The Labute approximate surface area is 197 Å². The zero-order valence-electron chi connectivity index (χ0n) is 19.4. The maximum absolute atomic E-state index is 12.2. The van der Waals surface area contributed by atoms with Crippen LogP contribution in [0.1, 0.15) is 11.1 Å². The van der Waals surface area contributed by atoms with Crippen LogP contribution in [0.2, 0.25) is 0 Å². The Morgan fingerprint density at radius 3 is 2.12 bits per heavy atom. The molecular formula is C28H33N3O2. The van der Waals surface area contributed by atoms with Gasteiger partial charge in [-0.3, -0.25) is 9.69 Å². The Morgan fingerprint density at radius 2 is 1.45 bits per heavy atom. The fraction of sp³-hybridized carbons (Fsp3) is 0.321. The highest BCUT2D eigenvalue weighted by molar-refractivity contribution is 5.78. The number of piperazine rings is 1. The van der Waals surface area contributed by atoms with E-state index in [2.05, 4.69) is 58.6 Å². The van der Waals surface area contributed by atoms with E-state index in [4.69, 9.17) is 4.74 Å². The topological polar surface area (TPSA) is 44.8 Å². The number of likely N-dealkylation sites (N-methyl/N-ethyl adjacent to an activating group) is 1. The minimum absolute atomic E-state index is 0.0356. The Bertz CT molecular complexity index is 996. The normalized spacial score (nSPS) is 14.7. The van der Waals surface area contributed by atoms with E-state index in [0.717, 1.165) is 60.7 Å². The van der Waals surface area contributed by atoms with Crippen LogP contribution in [0.25, 0.3) is 11.1 Å². The lowest BCUT2D eigenvalue weighted by atomic mass is 10.0. The molecule has 1 amide bonds. The molecule has 1 saturated heterocycles. The molecule has 0 aromatic heterocycles. The predicted molar refractivity (Wildman–Crippen MR) is 133 cm³/mol. The van der Waals surface area contributed by atoms with Gasteiger partial charge in [-0.15, -0.1) is 0 Å². The van der Waals surface area contributed by atoms with Gasteiger partial charge in [0.25, 0.3) is 0 Å². The third kappa shape index (κ3) is 7.17. The number of rotatable bonds is 9. The fourth-order valence-electron chi connectivity index (χ4n) is 3.97. The highest BCUT2D eigenvalue weighted by Gasteiger charge is 2.13. The van der Waals surface area contributed by atoms with Crippen LogP contribution in [-0.2, 0) is 17.8 Å². The summed E-state index contributed by atoms with van der Waals surface area (Å²) in [7, 11) is 2.17. The molecule has 33 heavy (non-hydrogen) atoms. The summed E-state index contributed by atoms with van der Waals surface area (Å²) in [5.74, 6) is 0.944. The van der Waals surface area contributed by atoms with E-state index in [1.54, 1.807) is 0 Å². The number of hydrogen-bond donors (Lipinski definition) is 1. The molecule has 3 aromatic carbocycles. The number of ether oxygens (including phenoxy) is 1. The number of hydrogen-bond acceptors (Lipinski definition) is 4. The van der Waals surface area contributed by atoms with Crippen LogP contribution in [0.5, 0.6) is 5.75 Å². The molecule has 5 heteroatoms. The summed E-state index contributed by atoms with van der Waals surface area (Å²) in [5, 5.41) is 3.00. The number of carbonyl (C=O) groups excluding carboxylic acids is 1. The molecule has 4 rings (SSSR count). The van der Waals surface area contributed by atoms with Gasteiger partial charge in [0, 0.05) is 39.3 Å². The Kier molecular flexibility index (Phi) is 8.12. The number of benzene rings is 3. The van der Waals surface area contributed by atoms with E-state index in [0.29, 0.717) is 19.6 Å². The highest BCUT2D eigenvalue weighted by Crippen LogP contribution is 2.23. The monoisotopic (exact) mass is 443 g/mol. The summed E-state index contributed by atoms with van der Waals surface area (Å²) in [6.07, 6.45) is 0.405. The van der Waals surface area contributed by atoms with E-state index in [1.165, 1.54) is 0 Å². The molecule has 1 aliphatic heterocycles. The van der Waals surface area contributed by atoms with Crippen molar-refractivity contribution in [3.63, 3.8) is 0 Å². The van der Waals surface area contributed by atoms with Gasteiger partial charge in [-0.1, -0.05) is 66.7 Å². The van der Waals surface area contributed by atoms with E-state index < -0.39 is 0 Å². The van der Waals surface area contributed by atoms with Crippen LogP contribution >= 0.6 is 0 Å². The smallest absolute Gasteiger partial charge is 0.224 e. The van der Waals surface area contributed by atoms with E-state index in [1.807, 2.05) is 42.5 Å². The lowest BCUT2D eigenvalue weighted by Crippen LogP contribution is -2.45. The predicted octanol–water partition coefficient (Wildman–Crippen LogP) is 3.84. The second-order valence-corrected chi connectivity index (χ2v) is 8.65. The number of amides is 1. The zero-order valence-corrected chi connectivity index (χ0v) is 19.4. The largest absolute Gasteiger partial charge is 0.492 e. The number of nitrogens with zero attached hydrogens (tertiary/aromatic N) is 2. The summed E-state index contributed by atoms with van der Waals surface area (Å²) < 4.78 is 5.95. The molecule has 1 N–H and O–H groups in total. The van der Waals surface area contributed by atoms with E-state index >= 15 is 0 Å². The van der Waals surface area contributed by atoms with Gasteiger partial charge in [-0.25, -0.2) is 0 Å². The van der Waals surface area contributed by atoms with Crippen LogP contribution in [0.4, 0.5) is 0 Å². The van der Waals surface area contributed by atoms with Gasteiger partial charge < -0.3 is 15.0 Å². The average molecular weight is 444 g/mol. The lowest BCUT2D eigenvalue weighted by molar-refractivity contribution is -0.120. The molecule has 3 aromatic rings. The van der Waals surface area contributed by atoms with Gasteiger partial charge in [0.05, 0.1) is 6.42 Å². The zero-order chi connectivity index (χ0) is 22.9. The van der Waals surface area contributed by atoms with Gasteiger partial charge in [-0.05, 0) is 41.4 Å². The SMILES string of the molecule is CN1CCN(CCOc2ccc(-c3ccc(CNC(=O)Cc4ccccc4)cc3)cc2)CC1. The molecule has 1 fully saturated rings. The fourth-order valence-corrected chi connectivity index (χ4v) is 3.97. The highest BCUT2D eigenvalue weighted by atomic mass is 16.5. The maximum Gasteiger partial charge on any atom is 0.224 e. The summed E-state index contributed by atoms with van der Waals surface area (Å²) in [4.78, 5) is 17.0. The first-order valence-electron chi connectivity index (χ1n) is 11.7. The number of nitrogens with one attached hydrogen (secondary N) is 1. The van der Waals surface area contributed by atoms with Gasteiger partial charge in [0.1, 0.15) is 12.4 Å². The molecule has 0 radical (unpaired) electrons. The van der Waals surface area contributed by atoms with Gasteiger partial charge in [0.2, 0.25) is 5.91 Å². The molecule has 0 aliphatic carbocycles. The van der Waals surface area contributed by atoms with Crippen LogP contribution in [0.15, 0.2) is 78.9 Å². The van der Waals surface area contributed by atoms with Crippen molar-refractivity contribution in [3.8, 4) is 16.9 Å². The van der Waals surface area contributed by atoms with Crippen molar-refractivity contribution in [1.29, 1.82) is 0 Å². The van der Waals surface area contributed by atoms with Crippen LogP contribution in [0, 0.1) is 0 Å². The van der Waals surface area contributed by atoms with Gasteiger partial charge >= 0.3 is 0 Å². The average Bonchev–Trinajstić information content (AvgIpc) is 2.85. The first kappa shape index (κ1) is 23.0. The quantitative estimate of drug-likeness (QED) is 0.546. The molecule has 0 bridgehead atoms. The molecule has 0 saturated carbocycles. The molecule has 172 valence electrons. The molecule has 1 aliphatic rings. The second-order valence-electron chi connectivity index (χ2n) is 8.65. The Hall–Kier alpha value is -3.15. The molecule has 0 spiro atoms. The first-order valence-corrected chi connectivity index (χ1v) is 11.7. The van der Waals surface area contributed by atoms with Crippen molar-refractivity contribution in [1.82, 2.24) is 15.1 Å². The Balaban J connectivity index is 1.21. The standard InChI is InChI=1S/C28H33N3O2/c1-30-15-17-31(18-16-30)19-20-33-27-13-11-26(12-14-27)25-9-7-24(8-10-25)22-29-28(32)21-23-5-3-2-4-6-23/h2-14H,15-22H2,1H3,(H,29,32). The molecule has 1 heterocycles. The summed E-state index contributed by atoms with van der Waals surface area (Å²) >= 11 is 0. The van der Waals surface area contributed by atoms with Gasteiger partial charge in [-0.2, -0.15) is 0 Å². The Morgan fingerprint density at radius 1 is 0.818 bits per heavy atom. The van der Waals surface area contributed by atoms with E-state index in [9.17, 15) is 4.79 Å². The second kappa shape index (κ2) is 11.6. The van der Waals surface area contributed by atoms with Crippen LogP contribution < -0.4 is 10.1 Å². The third-order valence-corrected chi connectivity index (χ3v) is 6.11. The lowest BCUT2D eigenvalue weighted by Gasteiger charge is -2.32. The van der Waals surface area contributed by atoms with Crippen molar-refractivity contribution < 1.29 is 9.53 Å². The summed E-state index contributed by atoms with van der Waals surface area (Å²) in [6, 6.07) is 26.4. The minimum Gasteiger partial charge on any atom is -0.492 e. The summed E-state index contributed by atoms with van der Waals surface area (Å²) in [6.45, 7) is 6.72. The van der Waals surface area contributed by atoms with Crippen molar-refractivity contribution in [2.45, 2.75) is 13.0 Å². The summed E-state index contributed by atoms with van der Waals surface area (Å²) in [5.41, 5.74) is 4.42. The molecular weight excluding hydrogens is 410 g/mol. The van der Waals surface area contributed by atoms with Gasteiger partial charge in [0.15, 0.2) is 0 Å². The van der Waals surface area contributed by atoms with E-state index in [-0.39, 0.29) is 5.91 Å². The van der Waals surface area contributed by atoms with Crippen LogP contribution in [0.3, 0.4) is 0 Å². The van der Waals surface area contributed by atoms with Crippen LogP contribution in [-0.4, -0.2) is 62.1 Å². The third-order valence-electron chi connectivity index (χ3n) is 6.11. The minimum atomic E-state index is 0.0356. The molecule has 0 unspecified atom stereocenters. The molecule has 0 atom stereocenters. The van der Waals surface area contributed by atoms with Crippen molar-refractivity contribution in [2.75, 3.05) is 46.4 Å².